The van der Waals surface area contributed by atoms with Crippen LogP contribution in [0.4, 0.5) is 0 Å². The fourth-order valence-corrected chi connectivity index (χ4v) is 3.09. The number of hydrogen-bond acceptors (Lipinski definition) is 4. The number of methoxy groups -OCH3 is 1. The van der Waals surface area contributed by atoms with Crippen LogP contribution in [-0.2, 0) is 33.8 Å². The van der Waals surface area contributed by atoms with Crippen LogP contribution in [-0.4, -0.2) is 25.0 Å². The molecule has 0 radical (unpaired) electrons. The number of amides is 1. The summed E-state index contributed by atoms with van der Waals surface area (Å²) in [5, 5.41) is 2.83. The zero-order valence-corrected chi connectivity index (χ0v) is 16.9. The molecule has 0 spiro atoms. The molecule has 3 aromatic rings. The third-order valence-electron chi connectivity index (χ3n) is 4.63. The Balaban J connectivity index is 1.66. The minimum Gasteiger partial charge on any atom is -0.497 e. The van der Waals surface area contributed by atoms with E-state index in [1.165, 1.54) is 0 Å². The van der Waals surface area contributed by atoms with Gasteiger partial charge in [0.25, 0.3) is 0 Å². The van der Waals surface area contributed by atoms with E-state index in [-0.39, 0.29) is 18.9 Å². The summed E-state index contributed by atoms with van der Waals surface area (Å²) in [7, 11) is 1.58. The van der Waals surface area contributed by atoms with E-state index in [0.717, 1.165) is 16.7 Å². The lowest BCUT2D eigenvalue weighted by Gasteiger charge is -2.18. The summed E-state index contributed by atoms with van der Waals surface area (Å²) < 4.78 is 10.7. The van der Waals surface area contributed by atoms with Gasteiger partial charge in [0.2, 0.25) is 5.91 Å². The predicted octanol–water partition coefficient (Wildman–Crippen LogP) is 3.71. The van der Waals surface area contributed by atoms with E-state index in [2.05, 4.69) is 5.32 Å². The summed E-state index contributed by atoms with van der Waals surface area (Å²) in [5.41, 5.74) is 2.65. The molecule has 0 aromatic heterocycles. The maximum atomic E-state index is 12.8. The second-order valence-corrected chi connectivity index (χ2v) is 6.93. The number of hydrogen-bond donors (Lipinski definition) is 1. The van der Waals surface area contributed by atoms with Gasteiger partial charge in [-0.2, -0.15) is 0 Å². The molecule has 0 aliphatic heterocycles. The van der Waals surface area contributed by atoms with Crippen molar-refractivity contribution in [3.05, 3.63) is 102 Å². The van der Waals surface area contributed by atoms with E-state index in [1.54, 1.807) is 13.2 Å². The first-order chi connectivity index (χ1) is 14.6. The molecule has 1 amide bonds. The van der Waals surface area contributed by atoms with Gasteiger partial charge in [-0.3, -0.25) is 4.79 Å². The van der Waals surface area contributed by atoms with Crippen LogP contribution in [0.5, 0.6) is 5.75 Å². The Bertz CT molecular complexity index is 957. The maximum absolute atomic E-state index is 12.8. The highest BCUT2D eigenvalue weighted by Crippen LogP contribution is 2.13. The zero-order valence-electron chi connectivity index (χ0n) is 16.9. The predicted molar refractivity (Wildman–Crippen MR) is 115 cm³/mol. The molecule has 0 saturated heterocycles. The third-order valence-corrected chi connectivity index (χ3v) is 4.63. The first-order valence-electron chi connectivity index (χ1n) is 9.81. The molecule has 0 aliphatic carbocycles. The van der Waals surface area contributed by atoms with Gasteiger partial charge in [0.05, 0.1) is 13.5 Å². The Morgan fingerprint density at radius 1 is 0.833 bits per heavy atom. The fraction of sp³-hybridized carbons (Fsp3) is 0.200. The van der Waals surface area contributed by atoms with Gasteiger partial charge >= 0.3 is 5.97 Å². The van der Waals surface area contributed by atoms with E-state index in [4.69, 9.17) is 9.47 Å². The molecule has 0 unspecified atom stereocenters. The van der Waals surface area contributed by atoms with Crippen LogP contribution >= 0.6 is 0 Å². The Hall–Kier alpha value is -3.60. The average Bonchev–Trinajstić information content (AvgIpc) is 2.78. The molecular weight excluding hydrogens is 378 g/mol. The second kappa shape index (κ2) is 10.8. The molecule has 3 aromatic carbocycles. The quantitative estimate of drug-likeness (QED) is 0.553. The summed E-state index contributed by atoms with van der Waals surface area (Å²) >= 11 is 0. The molecule has 154 valence electrons. The van der Waals surface area contributed by atoms with Crippen molar-refractivity contribution in [3.63, 3.8) is 0 Å². The van der Waals surface area contributed by atoms with E-state index in [9.17, 15) is 9.59 Å². The molecular formula is C25H25NO4. The number of benzene rings is 3. The lowest BCUT2D eigenvalue weighted by atomic mass is 10.1. The molecule has 5 heteroatoms. The molecule has 0 fully saturated rings. The van der Waals surface area contributed by atoms with Crippen molar-refractivity contribution < 1.29 is 19.1 Å². The normalized spacial score (nSPS) is 11.4. The molecule has 30 heavy (non-hydrogen) atoms. The van der Waals surface area contributed by atoms with Gasteiger partial charge < -0.3 is 14.8 Å². The smallest absolute Gasteiger partial charge is 0.329 e. The summed E-state index contributed by atoms with van der Waals surface area (Å²) in [6.07, 6.45) is 0.507. The fourth-order valence-electron chi connectivity index (χ4n) is 3.09. The zero-order chi connectivity index (χ0) is 21.2. The van der Waals surface area contributed by atoms with Crippen LogP contribution < -0.4 is 10.1 Å². The van der Waals surface area contributed by atoms with Crippen LogP contribution in [0.25, 0.3) is 0 Å². The number of carbonyl (C=O) groups excluding carboxylic acids is 2. The van der Waals surface area contributed by atoms with Crippen LogP contribution in [0.15, 0.2) is 84.9 Å². The van der Waals surface area contributed by atoms with Crippen LogP contribution in [0.2, 0.25) is 0 Å². The monoisotopic (exact) mass is 403 g/mol. The number of nitrogens with one attached hydrogen (secondary N) is 1. The molecule has 0 saturated carbocycles. The highest BCUT2D eigenvalue weighted by Gasteiger charge is 2.23. The SMILES string of the molecule is COc1cccc(CC(=O)N[C@@H](Cc2ccccc2)C(=O)OCc2ccccc2)c1. The molecule has 0 heterocycles. The van der Waals surface area contributed by atoms with Gasteiger partial charge in [0.1, 0.15) is 18.4 Å². The van der Waals surface area contributed by atoms with Gasteiger partial charge in [-0.25, -0.2) is 4.79 Å². The van der Waals surface area contributed by atoms with E-state index >= 15 is 0 Å². The molecule has 5 nitrogen and oxygen atoms in total. The molecule has 0 aliphatic rings. The lowest BCUT2D eigenvalue weighted by Crippen LogP contribution is -2.44. The number of ether oxygens (including phenoxy) is 2. The Morgan fingerprint density at radius 2 is 1.47 bits per heavy atom. The summed E-state index contributed by atoms with van der Waals surface area (Å²) in [5.74, 6) is -0.0223. The van der Waals surface area contributed by atoms with Crippen molar-refractivity contribution in [3.8, 4) is 5.75 Å². The van der Waals surface area contributed by atoms with Gasteiger partial charge in [-0.1, -0.05) is 72.8 Å². The Morgan fingerprint density at radius 3 is 2.13 bits per heavy atom. The van der Waals surface area contributed by atoms with Crippen LogP contribution in [0, 0.1) is 0 Å². The van der Waals surface area contributed by atoms with Gasteiger partial charge in [0, 0.05) is 6.42 Å². The van der Waals surface area contributed by atoms with Crippen molar-refractivity contribution in [2.75, 3.05) is 7.11 Å². The second-order valence-electron chi connectivity index (χ2n) is 6.93. The summed E-state index contributed by atoms with van der Waals surface area (Å²) in [6.45, 7) is 0.163. The number of carbonyl (C=O) groups is 2. The molecule has 1 N–H and O–H groups in total. The van der Waals surface area contributed by atoms with E-state index in [0.29, 0.717) is 12.2 Å². The van der Waals surface area contributed by atoms with Crippen molar-refractivity contribution >= 4 is 11.9 Å². The van der Waals surface area contributed by atoms with Crippen molar-refractivity contribution in [2.24, 2.45) is 0 Å². The number of esters is 1. The largest absolute Gasteiger partial charge is 0.497 e. The minimum absolute atomic E-state index is 0.147. The minimum atomic E-state index is -0.769. The molecule has 1 atom stereocenters. The first-order valence-corrected chi connectivity index (χ1v) is 9.81. The summed E-state index contributed by atoms with van der Waals surface area (Å²) in [6, 6.07) is 25.6. The first kappa shape index (κ1) is 21.1. The standard InChI is InChI=1S/C25H25NO4/c1-29-22-14-8-13-21(15-22)17-24(27)26-23(16-19-9-4-2-5-10-19)25(28)30-18-20-11-6-3-7-12-20/h2-15,23H,16-18H2,1H3,(H,26,27)/t23-/m0/s1. The lowest BCUT2D eigenvalue weighted by molar-refractivity contribution is -0.149. The highest BCUT2D eigenvalue weighted by molar-refractivity contribution is 5.86. The van der Waals surface area contributed by atoms with Gasteiger partial charge in [-0.05, 0) is 28.8 Å². The third kappa shape index (κ3) is 6.48. The Labute approximate surface area is 176 Å². The van der Waals surface area contributed by atoms with Crippen molar-refractivity contribution in [1.82, 2.24) is 5.32 Å². The van der Waals surface area contributed by atoms with E-state index in [1.807, 2.05) is 78.9 Å². The van der Waals surface area contributed by atoms with Gasteiger partial charge in [-0.15, -0.1) is 0 Å². The van der Waals surface area contributed by atoms with Gasteiger partial charge in [0.15, 0.2) is 0 Å². The maximum Gasteiger partial charge on any atom is 0.329 e. The van der Waals surface area contributed by atoms with Crippen LogP contribution in [0.1, 0.15) is 16.7 Å². The van der Waals surface area contributed by atoms with Crippen LogP contribution in [0.3, 0.4) is 0 Å². The van der Waals surface area contributed by atoms with E-state index < -0.39 is 12.0 Å². The van der Waals surface area contributed by atoms with Crippen molar-refractivity contribution in [1.29, 1.82) is 0 Å². The summed E-state index contributed by atoms with van der Waals surface area (Å²) in [4.78, 5) is 25.4. The number of rotatable bonds is 9. The molecule has 0 bridgehead atoms. The van der Waals surface area contributed by atoms with Crippen molar-refractivity contribution in [2.45, 2.75) is 25.5 Å². The average molecular weight is 403 g/mol. The Kier molecular flexibility index (Phi) is 7.61. The topological polar surface area (TPSA) is 64.6 Å². The molecule has 3 rings (SSSR count). The highest BCUT2D eigenvalue weighted by atomic mass is 16.5.